The second kappa shape index (κ2) is 7.60. The van der Waals surface area contributed by atoms with E-state index in [1.54, 1.807) is 34.3 Å². The summed E-state index contributed by atoms with van der Waals surface area (Å²) in [5.41, 5.74) is 0.418. The minimum absolute atomic E-state index is 0.0997. The first kappa shape index (κ1) is 20.2. The lowest BCUT2D eigenvalue weighted by Gasteiger charge is -2.29. The summed E-state index contributed by atoms with van der Waals surface area (Å²) < 4.78 is 15.6. The molecular weight excluding hydrogens is 405 g/mol. The van der Waals surface area contributed by atoms with Crippen molar-refractivity contribution in [2.24, 2.45) is 10.4 Å². The largest absolute Gasteiger partial charge is 0.325 e. The Morgan fingerprint density at radius 1 is 1.27 bits per heavy atom. The Morgan fingerprint density at radius 3 is 2.80 bits per heavy atom. The molecule has 8 heteroatoms. The van der Waals surface area contributed by atoms with Crippen LogP contribution in [0.3, 0.4) is 0 Å². The fourth-order valence-electron chi connectivity index (χ4n) is 3.65. The highest BCUT2D eigenvalue weighted by Crippen LogP contribution is 2.33. The van der Waals surface area contributed by atoms with Crippen molar-refractivity contribution >= 4 is 23.0 Å². The first-order valence-electron chi connectivity index (χ1n) is 9.49. The molecule has 6 nitrogen and oxygen atoms in total. The average molecular weight is 425 g/mol. The number of ketones is 1. The molecule has 2 aromatic heterocycles. The summed E-state index contributed by atoms with van der Waals surface area (Å²) in [7, 11) is 0. The van der Waals surface area contributed by atoms with E-state index >= 15 is 0 Å². The molecule has 1 aliphatic carbocycles. The van der Waals surface area contributed by atoms with Gasteiger partial charge in [0, 0.05) is 34.8 Å². The maximum Gasteiger partial charge on any atom is 0.285 e. The molecule has 3 aromatic rings. The second-order valence-electron chi connectivity index (χ2n) is 8.17. The molecule has 2 heterocycles. The van der Waals surface area contributed by atoms with Gasteiger partial charge in [-0.3, -0.25) is 14.4 Å². The van der Waals surface area contributed by atoms with E-state index in [0.717, 1.165) is 0 Å². The first-order chi connectivity index (χ1) is 14.2. The summed E-state index contributed by atoms with van der Waals surface area (Å²) in [5.74, 6) is -1.18. The molecule has 0 atom stereocenters. The third kappa shape index (κ3) is 3.95. The van der Waals surface area contributed by atoms with Crippen LogP contribution in [0.15, 0.2) is 51.7 Å². The molecule has 0 bridgehead atoms. The molecule has 0 aliphatic heterocycles. The Balaban J connectivity index is 1.69. The molecule has 154 valence electrons. The lowest BCUT2D eigenvalue weighted by molar-refractivity contribution is 0.0910. The minimum Gasteiger partial charge on any atom is -0.325 e. The normalized spacial score (nSPS) is 15.8. The summed E-state index contributed by atoms with van der Waals surface area (Å²) in [5, 5.41) is 1.73. The third-order valence-electron chi connectivity index (χ3n) is 5.10. The van der Waals surface area contributed by atoms with E-state index < -0.39 is 11.5 Å². The van der Waals surface area contributed by atoms with Crippen molar-refractivity contribution < 1.29 is 14.0 Å². The van der Waals surface area contributed by atoms with Crippen molar-refractivity contribution in [2.75, 3.05) is 0 Å². The molecule has 0 spiro atoms. The molecule has 4 rings (SSSR count). The van der Waals surface area contributed by atoms with Crippen LogP contribution in [0.2, 0.25) is 0 Å². The zero-order valence-electron chi connectivity index (χ0n) is 16.6. The number of pyridine rings is 1. The Bertz CT molecular complexity index is 1280. The van der Waals surface area contributed by atoms with Crippen molar-refractivity contribution in [3.05, 3.63) is 85.3 Å². The molecule has 1 N–H and O–H groups in total. The van der Waals surface area contributed by atoms with Gasteiger partial charge in [-0.15, -0.1) is 11.3 Å². The molecule has 0 unspecified atom stereocenters. The number of nitrogens with zero attached hydrogens (tertiary/aromatic N) is 2. The number of hydrogen-bond donors (Lipinski definition) is 1. The number of nitrogens with one attached hydrogen (secondary N) is 1. The minimum atomic E-state index is -0.735. The van der Waals surface area contributed by atoms with E-state index in [0.29, 0.717) is 34.5 Å². The van der Waals surface area contributed by atoms with Gasteiger partial charge in [-0.1, -0.05) is 32.0 Å². The van der Waals surface area contributed by atoms with E-state index in [2.05, 4.69) is 9.98 Å². The van der Waals surface area contributed by atoms with Crippen molar-refractivity contribution in [1.82, 2.24) is 9.55 Å². The molecule has 0 radical (unpaired) electrons. The van der Waals surface area contributed by atoms with Gasteiger partial charge in [-0.2, -0.15) is 4.99 Å². The zero-order chi connectivity index (χ0) is 21.5. The number of hydrogen-bond acceptors (Lipinski definition) is 4. The highest BCUT2D eigenvalue weighted by molar-refractivity contribution is 7.07. The lowest BCUT2D eigenvalue weighted by Crippen LogP contribution is -2.32. The van der Waals surface area contributed by atoms with Crippen LogP contribution in [0.1, 0.15) is 52.2 Å². The topological polar surface area (TPSA) is 84.3 Å². The van der Waals surface area contributed by atoms with E-state index in [-0.39, 0.29) is 29.1 Å². The van der Waals surface area contributed by atoms with Crippen molar-refractivity contribution in [3.63, 3.8) is 0 Å². The fourth-order valence-corrected chi connectivity index (χ4v) is 4.38. The molecule has 1 aliphatic rings. The highest BCUT2D eigenvalue weighted by Gasteiger charge is 2.32. The van der Waals surface area contributed by atoms with Gasteiger partial charge >= 0.3 is 0 Å². The molecule has 0 saturated carbocycles. The third-order valence-corrected chi connectivity index (χ3v) is 5.90. The van der Waals surface area contributed by atoms with Crippen molar-refractivity contribution in [1.29, 1.82) is 0 Å². The summed E-state index contributed by atoms with van der Waals surface area (Å²) in [6.07, 6.45) is 2.61. The van der Waals surface area contributed by atoms with Gasteiger partial charge in [-0.25, -0.2) is 4.39 Å². The lowest BCUT2D eigenvalue weighted by atomic mass is 9.75. The van der Waals surface area contributed by atoms with Gasteiger partial charge in [0.15, 0.2) is 10.6 Å². The molecule has 0 saturated heterocycles. The summed E-state index contributed by atoms with van der Waals surface area (Å²) in [6, 6.07) is 7.73. The number of aromatic amines is 1. The Morgan fingerprint density at radius 2 is 2.03 bits per heavy atom. The number of H-pyrrole nitrogens is 1. The van der Waals surface area contributed by atoms with Gasteiger partial charge in [0.2, 0.25) is 0 Å². The fraction of sp³-hybridized carbons (Fsp3) is 0.273. The number of rotatable bonds is 3. The number of thiazole rings is 1. The molecule has 1 aromatic carbocycles. The number of Topliss-reactive ketones (excluding diaryl/α,β-unsaturated/α-hetero) is 1. The maximum atomic E-state index is 14.0. The van der Waals surface area contributed by atoms with Gasteiger partial charge < -0.3 is 9.55 Å². The number of carbonyl (C=O) groups excluding carboxylic acids is 2. The molecule has 30 heavy (non-hydrogen) atoms. The monoisotopic (exact) mass is 425 g/mol. The number of aromatic nitrogens is 2. The summed E-state index contributed by atoms with van der Waals surface area (Å²) >= 11 is 1.21. The van der Waals surface area contributed by atoms with E-state index in [1.165, 1.54) is 23.5 Å². The summed E-state index contributed by atoms with van der Waals surface area (Å²) in [6.45, 7) is 4.13. The van der Waals surface area contributed by atoms with Crippen LogP contribution < -0.4 is 10.4 Å². The van der Waals surface area contributed by atoms with Crippen LogP contribution in [0.25, 0.3) is 0 Å². The van der Waals surface area contributed by atoms with E-state index in [9.17, 15) is 18.8 Å². The number of benzene rings is 1. The molecular formula is C22H20FN3O3S. The Kier molecular flexibility index (Phi) is 5.11. The van der Waals surface area contributed by atoms with E-state index in [4.69, 9.17) is 0 Å². The predicted molar refractivity (Wildman–Crippen MR) is 111 cm³/mol. The average Bonchev–Trinajstić information content (AvgIpc) is 3.08. The van der Waals surface area contributed by atoms with Gasteiger partial charge in [-0.05, 0) is 24.0 Å². The first-order valence-corrected chi connectivity index (χ1v) is 10.4. The van der Waals surface area contributed by atoms with Crippen LogP contribution in [-0.4, -0.2) is 21.2 Å². The van der Waals surface area contributed by atoms with Crippen LogP contribution in [-0.2, 0) is 13.0 Å². The van der Waals surface area contributed by atoms with Gasteiger partial charge in [0.25, 0.3) is 11.5 Å². The second-order valence-corrected chi connectivity index (χ2v) is 9.04. The van der Waals surface area contributed by atoms with Gasteiger partial charge in [0.05, 0.1) is 6.54 Å². The molecule has 1 amide bonds. The van der Waals surface area contributed by atoms with Crippen LogP contribution in [0, 0.1) is 11.2 Å². The summed E-state index contributed by atoms with van der Waals surface area (Å²) in [4.78, 5) is 44.8. The highest BCUT2D eigenvalue weighted by atomic mass is 32.1. The van der Waals surface area contributed by atoms with E-state index in [1.807, 2.05) is 13.8 Å². The smallest absolute Gasteiger partial charge is 0.285 e. The maximum absolute atomic E-state index is 14.0. The zero-order valence-corrected chi connectivity index (χ0v) is 17.4. The van der Waals surface area contributed by atoms with Crippen LogP contribution in [0.4, 0.5) is 4.39 Å². The Hall–Kier alpha value is -3.13. The quantitative estimate of drug-likeness (QED) is 0.699. The molecule has 0 fully saturated rings. The van der Waals surface area contributed by atoms with Crippen molar-refractivity contribution in [3.8, 4) is 0 Å². The number of halogens is 1. The number of amides is 1. The van der Waals surface area contributed by atoms with Crippen LogP contribution in [0.5, 0.6) is 0 Å². The van der Waals surface area contributed by atoms with Crippen molar-refractivity contribution in [2.45, 2.75) is 33.2 Å². The standard InChI is InChI=1S/C22H20FN3O3S/c1-22(2)10-17-14(18(27)11-22)9-15(19(28)24-17)20(29)25-21-26(7-8-30-21)12-13-5-3-4-6-16(13)23/h3-9H,10-12H2,1-2H3,(H,24,28). The predicted octanol–water partition coefficient (Wildman–Crippen LogP) is 3.32. The SMILES string of the molecule is CC1(C)CC(=O)c2cc(C(=O)N=c3sccn3Cc3ccccc3F)c(=O)[nH]c2C1. The van der Waals surface area contributed by atoms with Crippen LogP contribution >= 0.6 is 11.3 Å². The number of fused-ring (bicyclic) bond motifs is 1. The number of carbonyl (C=O) groups is 2. The van der Waals surface area contributed by atoms with Gasteiger partial charge in [0.1, 0.15) is 11.4 Å². The Labute approximate surface area is 175 Å².